The van der Waals surface area contributed by atoms with Crippen molar-refractivity contribution in [3.8, 4) is 17.2 Å². The summed E-state index contributed by atoms with van der Waals surface area (Å²) >= 11 is 0. The Morgan fingerprint density at radius 2 is 1.68 bits per heavy atom. The van der Waals surface area contributed by atoms with Crippen LogP contribution in [0.25, 0.3) is 0 Å². The molecule has 1 rings (SSSR count). The van der Waals surface area contributed by atoms with Crippen LogP contribution < -0.4 is 14.2 Å². The van der Waals surface area contributed by atoms with Gasteiger partial charge in [-0.05, 0) is 24.6 Å². The van der Waals surface area contributed by atoms with E-state index in [0.29, 0.717) is 22.8 Å². The predicted octanol–water partition coefficient (Wildman–Crippen LogP) is 1.31. The Morgan fingerprint density at radius 1 is 1.16 bits per heavy atom. The summed E-state index contributed by atoms with van der Waals surface area (Å²) in [5.74, 6) is 0.391. The smallest absolute Gasteiger partial charge is 0.339 e. The summed E-state index contributed by atoms with van der Waals surface area (Å²) in [5.41, 5.74) is 0.313. The van der Waals surface area contributed by atoms with E-state index in [0.717, 1.165) is 0 Å². The van der Waals surface area contributed by atoms with Crippen molar-refractivity contribution in [1.29, 1.82) is 0 Å². The highest BCUT2D eigenvalue weighted by Crippen LogP contribution is 2.39. The lowest BCUT2D eigenvalue weighted by molar-refractivity contribution is -0.153. The SMILES string of the molecule is CCOC(=O)C(O)c1cc(OC)c(OC)c(OC)c1. The number of hydrogen-bond acceptors (Lipinski definition) is 6. The molecular formula is C13H18O6. The third-order valence-electron chi connectivity index (χ3n) is 2.51. The van der Waals surface area contributed by atoms with E-state index in [2.05, 4.69) is 0 Å². The molecule has 0 saturated carbocycles. The summed E-state index contributed by atoms with van der Waals surface area (Å²) in [7, 11) is 4.39. The number of esters is 1. The molecule has 6 nitrogen and oxygen atoms in total. The maximum atomic E-state index is 11.5. The first-order valence-electron chi connectivity index (χ1n) is 5.73. The van der Waals surface area contributed by atoms with Crippen LogP contribution in [0.1, 0.15) is 18.6 Å². The van der Waals surface area contributed by atoms with Gasteiger partial charge >= 0.3 is 5.97 Å². The van der Waals surface area contributed by atoms with Crippen LogP contribution in [0, 0.1) is 0 Å². The highest BCUT2D eigenvalue weighted by Gasteiger charge is 2.23. The average molecular weight is 270 g/mol. The maximum absolute atomic E-state index is 11.5. The van der Waals surface area contributed by atoms with E-state index < -0.39 is 12.1 Å². The molecule has 0 amide bonds. The number of methoxy groups -OCH3 is 3. The topological polar surface area (TPSA) is 74.2 Å². The Labute approximate surface area is 111 Å². The quantitative estimate of drug-likeness (QED) is 0.786. The summed E-state index contributed by atoms with van der Waals surface area (Å²) in [6, 6.07) is 3.01. The molecule has 0 fully saturated rings. The average Bonchev–Trinajstić information content (AvgIpc) is 2.44. The molecule has 0 aliphatic carbocycles. The molecule has 0 radical (unpaired) electrons. The van der Waals surface area contributed by atoms with Gasteiger partial charge in [0.15, 0.2) is 17.6 Å². The van der Waals surface area contributed by atoms with E-state index in [4.69, 9.17) is 18.9 Å². The molecule has 0 spiro atoms. The van der Waals surface area contributed by atoms with Crippen molar-refractivity contribution < 1.29 is 28.8 Å². The molecule has 106 valence electrons. The summed E-state index contributed by atoms with van der Waals surface area (Å²) in [6.07, 6.45) is -1.39. The Hall–Kier alpha value is -1.95. The minimum absolute atomic E-state index is 0.195. The van der Waals surface area contributed by atoms with Crippen molar-refractivity contribution >= 4 is 5.97 Å². The number of benzene rings is 1. The van der Waals surface area contributed by atoms with Crippen molar-refractivity contribution in [2.45, 2.75) is 13.0 Å². The summed E-state index contributed by atoms with van der Waals surface area (Å²) in [6.45, 7) is 1.86. The zero-order valence-electron chi connectivity index (χ0n) is 11.4. The van der Waals surface area contributed by atoms with Crippen LogP contribution in [0.3, 0.4) is 0 Å². The Morgan fingerprint density at radius 3 is 2.05 bits per heavy atom. The lowest BCUT2D eigenvalue weighted by atomic mass is 10.1. The van der Waals surface area contributed by atoms with Gasteiger partial charge in [0.05, 0.1) is 27.9 Å². The fourth-order valence-corrected chi connectivity index (χ4v) is 1.62. The van der Waals surface area contributed by atoms with Gasteiger partial charge < -0.3 is 24.1 Å². The van der Waals surface area contributed by atoms with Crippen LogP contribution in [-0.2, 0) is 9.53 Å². The van der Waals surface area contributed by atoms with Crippen molar-refractivity contribution in [2.75, 3.05) is 27.9 Å². The fourth-order valence-electron chi connectivity index (χ4n) is 1.62. The first kappa shape index (κ1) is 15.1. The van der Waals surface area contributed by atoms with Gasteiger partial charge in [0.1, 0.15) is 0 Å². The number of aliphatic hydroxyl groups excluding tert-OH is 1. The van der Waals surface area contributed by atoms with E-state index in [1.54, 1.807) is 6.92 Å². The van der Waals surface area contributed by atoms with Crippen LogP contribution in [0.2, 0.25) is 0 Å². The van der Waals surface area contributed by atoms with Crippen LogP contribution in [0.4, 0.5) is 0 Å². The molecular weight excluding hydrogens is 252 g/mol. The van der Waals surface area contributed by atoms with Gasteiger partial charge in [0.25, 0.3) is 0 Å². The summed E-state index contributed by atoms with van der Waals surface area (Å²) in [5, 5.41) is 9.90. The molecule has 0 aromatic heterocycles. The highest BCUT2D eigenvalue weighted by molar-refractivity contribution is 5.77. The van der Waals surface area contributed by atoms with Crippen molar-refractivity contribution in [2.24, 2.45) is 0 Å². The van der Waals surface area contributed by atoms with Crippen molar-refractivity contribution in [3.63, 3.8) is 0 Å². The van der Waals surface area contributed by atoms with Gasteiger partial charge in [-0.25, -0.2) is 4.79 Å². The first-order chi connectivity index (χ1) is 9.08. The molecule has 1 atom stereocenters. The van der Waals surface area contributed by atoms with Crippen molar-refractivity contribution in [1.82, 2.24) is 0 Å². The molecule has 19 heavy (non-hydrogen) atoms. The molecule has 1 aromatic carbocycles. The third kappa shape index (κ3) is 3.29. The lowest BCUT2D eigenvalue weighted by Crippen LogP contribution is -2.15. The molecule has 1 aromatic rings. The Bertz CT molecular complexity index is 418. The van der Waals surface area contributed by atoms with Crippen LogP contribution in [0.15, 0.2) is 12.1 Å². The highest BCUT2D eigenvalue weighted by atomic mass is 16.5. The Kier molecular flexibility index (Phi) is 5.44. The van der Waals surface area contributed by atoms with E-state index in [1.807, 2.05) is 0 Å². The van der Waals surface area contributed by atoms with Gasteiger partial charge in [-0.3, -0.25) is 0 Å². The summed E-state index contributed by atoms with van der Waals surface area (Å²) < 4.78 is 20.2. The van der Waals surface area contributed by atoms with Crippen LogP contribution in [-0.4, -0.2) is 39.0 Å². The number of carbonyl (C=O) groups is 1. The predicted molar refractivity (Wildman–Crippen MR) is 67.7 cm³/mol. The minimum Gasteiger partial charge on any atom is -0.493 e. The summed E-state index contributed by atoms with van der Waals surface area (Å²) in [4.78, 5) is 11.5. The molecule has 1 N–H and O–H groups in total. The van der Waals surface area contributed by atoms with Gasteiger partial charge in [-0.1, -0.05) is 0 Å². The standard InChI is InChI=1S/C13H18O6/c1-5-19-13(15)11(14)8-6-9(16-2)12(18-4)10(7-8)17-3/h6-7,11,14H,5H2,1-4H3. The van der Waals surface area contributed by atoms with E-state index in [9.17, 15) is 9.90 Å². The number of ether oxygens (including phenoxy) is 4. The van der Waals surface area contributed by atoms with Gasteiger partial charge in [0.2, 0.25) is 5.75 Å². The first-order valence-corrected chi connectivity index (χ1v) is 5.73. The van der Waals surface area contributed by atoms with Gasteiger partial charge in [-0.15, -0.1) is 0 Å². The van der Waals surface area contributed by atoms with Crippen molar-refractivity contribution in [3.05, 3.63) is 17.7 Å². The zero-order valence-corrected chi connectivity index (χ0v) is 11.4. The maximum Gasteiger partial charge on any atom is 0.339 e. The monoisotopic (exact) mass is 270 g/mol. The minimum atomic E-state index is -1.39. The molecule has 1 unspecified atom stereocenters. The number of aliphatic hydroxyl groups is 1. The van der Waals surface area contributed by atoms with E-state index in [-0.39, 0.29) is 6.61 Å². The largest absolute Gasteiger partial charge is 0.493 e. The normalized spacial score (nSPS) is 11.6. The van der Waals surface area contributed by atoms with E-state index >= 15 is 0 Å². The Balaban J connectivity index is 3.18. The fraction of sp³-hybridized carbons (Fsp3) is 0.462. The van der Waals surface area contributed by atoms with Gasteiger partial charge in [-0.2, -0.15) is 0 Å². The second kappa shape index (κ2) is 6.84. The number of rotatable bonds is 6. The molecule has 0 aliphatic heterocycles. The van der Waals surface area contributed by atoms with Crippen LogP contribution >= 0.6 is 0 Å². The second-order valence-corrected chi connectivity index (χ2v) is 3.61. The number of hydrogen-bond donors (Lipinski definition) is 1. The molecule has 0 bridgehead atoms. The lowest BCUT2D eigenvalue weighted by Gasteiger charge is -2.16. The van der Waals surface area contributed by atoms with E-state index in [1.165, 1.54) is 33.5 Å². The van der Waals surface area contributed by atoms with Gasteiger partial charge in [0, 0.05) is 0 Å². The molecule has 6 heteroatoms. The zero-order chi connectivity index (χ0) is 14.4. The van der Waals surface area contributed by atoms with Crippen LogP contribution in [0.5, 0.6) is 17.2 Å². The number of carbonyl (C=O) groups excluding carboxylic acids is 1. The molecule has 0 heterocycles. The second-order valence-electron chi connectivity index (χ2n) is 3.61. The molecule has 0 saturated heterocycles. The molecule has 0 aliphatic rings. The third-order valence-corrected chi connectivity index (χ3v) is 2.51.